The van der Waals surface area contributed by atoms with Gasteiger partial charge in [0.05, 0.1) is 10.4 Å². The number of nitrogens with one attached hydrogen (secondary N) is 1. The summed E-state index contributed by atoms with van der Waals surface area (Å²) in [4.78, 5) is 20.9. The minimum absolute atomic E-state index is 0.0303. The molecule has 7 nitrogen and oxygen atoms in total. The van der Waals surface area contributed by atoms with E-state index in [1.54, 1.807) is 12.1 Å². The average Bonchev–Trinajstić information content (AvgIpc) is 3.03. The van der Waals surface area contributed by atoms with Crippen LogP contribution >= 0.6 is 0 Å². The number of aldehydes is 1. The molecule has 3 rings (SSSR count). The highest BCUT2D eigenvalue weighted by atomic mass is 16.6. The molecule has 0 saturated carbocycles. The van der Waals surface area contributed by atoms with Crippen LogP contribution in [-0.4, -0.2) is 21.4 Å². The molecule has 0 aliphatic rings. The molecule has 0 bridgehead atoms. The van der Waals surface area contributed by atoms with Crippen molar-refractivity contribution in [3.05, 3.63) is 46.2 Å². The fraction of sp³-hybridized carbons (Fsp3) is 0. The van der Waals surface area contributed by atoms with Crippen molar-refractivity contribution in [2.75, 3.05) is 0 Å². The zero-order valence-electron chi connectivity index (χ0n) is 9.49. The van der Waals surface area contributed by atoms with Crippen molar-refractivity contribution in [3.8, 4) is 11.5 Å². The number of fused-ring (bicyclic) bond motifs is 1. The first-order chi connectivity index (χ1) is 9.19. The number of furan rings is 1. The van der Waals surface area contributed by atoms with Gasteiger partial charge in [-0.3, -0.25) is 20.0 Å². The zero-order chi connectivity index (χ0) is 13.4. The van der Waals surface area contributed by atoms with Gasteiger partial charge >= 0.3 is 0 Å². The quantitative estimate of drug-likeness (QED) is 0.441. The average molecular weight is 257 g/mol. The van der Waals surface area contributed by atoms with Gasteiger partial charge in [-0.15, -0.1) is 0 Å². The van der Waals surface area contributed by atoms with Crippen molar-refractivity contribution in [2.24, 2.45) is 0 Å². The van der Waals surface area contributed by atoms with Crippen molar-refractivity contribution in [1.29, 1.82) is 0 Å². The molecule has 1 N–H and O–H groups in total. The van der Waals surface area contributed by atoms with Gasteiger partial charge in [-0.2, -0.15) is 5.10 Å². The summed E-state index contributed by atoms with van der Waals surface area (Å²) >= 11 is 0. The van der Waals surface area contributed by atoms with Gasteiger partial charge in [0.25, 0.3) is 5.69 Å². The Balaban J connectivity index is 2.20. The Morgan fingerprint density at radius 1 is 1.32 bits per heavy atom. The van der Waals surface area contributed by atoms with E-state index in [0.717, 1.165) is 0 Å². The SMILES string of the molecule is O=Cc1ccc(-c2n[nH]c3ccc([N+](=O)[O-])cc23)o1. The van der Waals surface area contributed by atoms with Crippen molar-refractivity contribution in [2.45, 2.75) is 0 Å². The van der Waals surface area contributed by atoms with Crippen molar-refractivity contribution in [1.82, 2.24) is 10.2 Å². The second-order valence-corrected chi connectivity index (χ2v) is 3.88. The molecule has 0 radical (unpaired) electrons. The summed E-state index contributed by atoms with van der Waals surface area (Å²) < 4.78 is 5.27. The second kappa shape index (κ2) is 4.05. The molecule has 0 spiro atoms. The Kier molecular flexibility index (Phi) is 2.38. The van der Waals surface area contributed by atoms with Crippen LogP contribution in [0.25, 0.3) is 22.4 Å². The topological polar surface area (TPSA) is 102 Å². The number of carbonyl (C=O) groups excluding carboxylic acids is 1. The summed E-state index contributed by atoms with van der Waals surface area (Å²) in [5.74, 6) is 0.561. The third-order valence-corrected chi connectivity index (χ3v) is 2.73. The van der Waals surface area contributed by atoms with E-state index >= 15 is 0 Å². The van der Waals surface area contributed by atoms with E-state index in [2.05, 4.69) is 10.2 Å². The fourth-order valence-electron chi connectivity index (χ4n) is 1.85. The Morgan fingerprint density at radius 2 is 2.16 bits per heavy atom. The molecule has 0 atom stereocenters. The molecular formula is C12H7N3O4. The van der Waals surface area contributed by atoms with Crippen LogP contribution in [0.4, 0.5) is 5.69 Å². The highest BCUT2D eigenvalue weighted by Crippen LogP contribution is 2.29. The van der Waals surface area contributed by atoms with Crippen LogP contribution in [0.2, 0.25) is 0 Å². The number of nitro groups is 1. The van der Waals surface area contributed by atoms with E-state index in [9.17, 15) is 14.9 Å². The zero-order valence-corrected chi connectivity index (χ0v) is 9.49. The van der Waals surface area contributed by atoms with Crippen molar-refractivity contribution < 1.29 is 14.1 Å². The first-order valence-electron chi connectivity index (χ1n) is 5.37. The fourth-order valence-corrected chi connectivity index (χ4v) is 1.85. The normalized spacial score (nSPS) is 10.7. The number of nitro benzene ring substituents is 1. The number of nitrogens with zero attached hydrogens (tertiary/aromatic N) is 2. The van der Waals surface area contributed by atoms with Gasteiger partial charge in [-0.05, 0) is 18.2 Å². The van der Waals surface area contributed by atoms with E-state index in [1.807, 2.05) is 0 Å². The lowest BCUT2D eigenvalue weighted by atomic mass is 10.1. The van der Waals surface area contributed by atoms with Crippen LogP contribution in [-0.2, 0) is 0 Å². The van der Waals surface area contributed by atoms with Crippen LogP contribution in [0.15, 0.2) is 34.7 Å². The van der Waals surface area contributed by atoms with Gasteiger partial charge in [0.1, 0.15) is 5.69 Å². The molecule has 0 aliphatic carbocycles. The number of non-ortho nitro benzene ring substituents is 1. The Labute approximate surface area is 106 Å². The van der Waals surface area contributed by atoms with Crippen LogP contribution in [0.1, 0.15) is 10.6 Å². The van der Waals surface area contributed by atoms with Gasteiger partial charge in [-0.1, -0.05) is 0 Å². The Hall–Kier alpha value is -2.96. The van der Waals surface area contributed by atoms with Gasteiger partial charge in [-0.25, -0.2) is 0 Å². The van der Waals surface area contributed by atoms with Crippen molar-refractivity contribution >= 4 is 22.9 Å². The minimum atomic E-state index is -0.477. The van der Waals surface area contributed by atoms with Gasteiger partial charge < -0.3 is 4.42 Å². The van der Waals surface area contributed by atoms with Gasteiger partial charge in [0.15, 0.2) is 17.8 Å². The molecular weight excluding hydrogens is 250 g/mol. The maximum Gasteiger partial charge on any atom is 0.270 e. The highest BCUT2D eigenvalue weighted by molar-refractivity contribution is 5.93. The third-order valence-electron chi connectivity index (χ3n) is 2.73. The van der Waals surface area contributed by atoms with Crippen LogP contribution < -0.4 is 0 Å². The number of hydrogen-bond acceptors (Lipinski definition) is 5. The standard InChI is InChI=1S/C12H7N3O4/c16-6-8-2-4-11(19-8)12-9-5-7(15(17)18)1-3-10(9)13-14-12/h1-6H,(H,13,14). The van der Waals surface area contributed by atoms with Gasteiger partial charge in [0.2, 0.25) is 0 Å². The first kappa shape index (κ1) is 11.1. The van der Waals surface area contributed by atoms with Crippen molar-refractivity contribution in [3.63, 3.8) is 0 Å². The molecule has 0 amide bonds. The monoisotopic (exact) mass is 257 g/mol. The largest absolute Gasteiger partial charge is 0.452 e. The molecule has 0 unspecified atom stereocenters. The van der Waals surface area contributed by atoms with E-state index in [4.69, 9.17) is 4.42 Å². The predicted molar refractivity (Wildman–Crippen MR) is 65.8 cm³/mol. The Bertz CT molecular complexity index is 787. The molecule has 19 heavy (non-hydrogen) atoms. The predicted octanol–water partition coefficient (Wildman–Crippen LogP) is 2.54. The van der Waals surface area contributed by atoms with Crippen LogP contribution in [0.5, 0.6) is 0 Å². The van der Waals surface area contributed by atoms with Gasteiger partial charge in [0, 0.05) is 17.5 Å². The molecule has 1 aromatic carbocycles. The summed E-state index contributed by atoms with van der Waals surface area (Å²) in [6.07, 6.45) is 0.584. The van der Waals surface area contributed by atoms with E-state index in [-0.39, 0.29) is 11.4 Å². The molecule has 0 saturated heterocycles. The molecule has 2 aromatic heterocycles. The maximum atomic E-state index is 10.8. The lowest BCUT2D eigenvalue weighted by Gasteiger charge is -1.93. The number of carbonyl (C=O) groups is 1. The summed E-state index contributed by atoms with van der Waals surface area (Å²) in [6.45, 7) is 0. The smallest absolute Gasteiger partial charge is 0.270 e. The maximum absolute atomic E-state index is 10.8. The summed E-state index contributed by atoms with van der Waals surface area (Å²) in [5, 5.41) is 18.2. The number of aromatic amines is 1. The summed E-state index contributed by atoms with van der Waals surface area (Å²) in [5.41, 5.74) is 1.06. The van der Waals surface area contributed by atoms with E-state index in [1.165, 1.54) is 18.2 Å². The molecule has 94 valence electrons. The molecule has 0 aliphatic heterocycles. The second-order valence-electron chi connectivity index (χ2n) is 3.88. The number of benzene rings is 1. The number of rotatable bonds is 3. The lowest BCUT2D eigenvalue weighted by Crippen LogP contribution is -1.86. The van der Waals surface area contributed by atoms with Crippen LogP contribution in [0, 0.1) is 10.1 Å². The third kappa shape index (κ3) is 1.77. The first-order valence-corrected chi connectivity index (χ1v) is 5.37. The minimum Gasteiger partial charge on any atom is -0.452 e. The number of hydrogen-bond donors (Lipinski definition) is 1. The van der Waals surface area contributed by atoms with E-state index < -0.39 is 4.92 Å². The van der Waals surface area contributed by atoms with Crippen LogP contribution in [0.3, 0.4) is 0 Å². The highest BCUT2D eigenvalue weighted by Gasteiger charge is 2.15. The number of aromatic nitrogens is 2. The summed E-state index contributed by atoms with van der Waals surface area (Å²) in [6, 6.07) is 7.49. The molecule has 3 aromatic rings. The lowest BCUT2D eigenvalue weighted by molar-refractivity contribution is -0.384. The summed E-state index contributed by atoms with van der Waals surface area (Å²) in [7, 11) is 0. The molecule has 2 heterocycles. The number of H-pyrrole nitrogens is 1. The van der Waals surface area contributed by atoms with E-state index in [0.29, 0.717) is 28.6 Å². The Morgan fingerprint density at radius 3 is 2.84 bits per heavy atom. The molecule has 7 heteroatoms. The molecule has 0 fully saturated rings.